The predicted octanol–water partition coefficient (Wildman–Crippen LogP) is 4.09. The van der Waals surface area contributed by atoms with Crippen molar-refractivity contribution < 1.29 is 13.9 Å². The first-order valence-corrected chi connectivity index (χ1v) is 8.59. The van der Waals surface area contributed by atoms with Crippen molar-refractivity contribution in [2.24, 2.45) is 0 Å². The fourth-order valence-electron chi connectivity index (χ4n) is 2.56. The summed E-state index contributed by atoms with van der Waals surface area (Å²) in [4.78, 5) is 15.3. The molecule has 1 heterocycles. The Labute approximate surface area is 161 Å². The Morgan fingerprint density at radius 2 is 1.96 bits per heavy atom. The first-order chi connectivity index (χ1) is 12.4. The van der Waals surface area contributed by atoms with E-state index in [0.717, 1.165) is 5.56 Å². The molecular formula is C19H16ClFN2O2S. The van der Waals surface area contributed by atoms with Crippen molar-refractivity contribution in [1.82, 2.24) is 9.80 Å². The molecule has 0 aromatic heterocycles. The van der Waals surface area contributed by atoms with Crippen LogP contribution in [0.15, 0.2) is 48.2 Å². The maximum Gasteiger partial charge on any atom is 0.276 e. The third kappa shape index (κ3) is 3.71. The molecule has 1 fully saturated rings. The van der Waals surface area contributed by atoms with Crippen molar-refractivity contribution in [2.45, 2.75) is 6.61 Å². The van der Waals surface area contributed by atoms with Gasteiger partial charge in [0, 0.05) is 14.1 Å². The number of hydrogen-bond donors (Lipinski definition) is 0. The number of rotatable bonds is 4. The van der Waals surface area contributed by atoms with Crippen LogP contribution < -0.4 is 4.74 Å². The lowest BCUT2D eigenvalue weighted by Gasteiger charge is -2.11. The van der Waals surface area contributed by atoms with E-state index in [2.05, 4.69) is 0 Å². The van der Waals surface area contributed by atoms with Gasteiger partial charge in [-0.05, 0) is 53.7 Å². The van der Waals surface area contributed by atoms with Gasteiger partial charge in [-0.25, -0.2) is 4.39 Å². The Balaban J connectivity index is 1.76. The summed E-state index contributed by atoms with van der Waals surface area (Å²) in [6, 6.07) is 11.4. The Morgan fingerprint density at radius 1 is 1.19 bits per heavy atom. The number of benzene rings is 2. The van der Waals surface area contributed by atoms with Crippen molar-refractivity contribution in [3.8, 4) is 5.75 Å². The molecule has 0 radical (unpaired) electrons. The summed E-state index contributed by atoms with van der Waals surface area (Å²) in [7, 11) is 3.38. The Kier molecular flexibility index (Phi) is 5.25. The maximum atomic E-state index is 13.2. The normalized spacial score (nSPS) is 15.9. The highest BCUT2D eigenvalue weighted by Gasteiger charge is 2.32. The van der Waals surface area contributed by atoms with Gasteiger partial charge >= 0.3 is 0 Å². The minimum absolute atomic E-state index is 0.167. The Bertz CT molecular complexity index is 916. The van der Waals surface area contributed by atoms with E-state index in [0.29, 0.717) is 27.1 Å². The van der Waals surface area contributed by atoms with E-state index in [4.69, 9.17) is 28.6 Å². The number of likely N-dealkylation sites (N-methyl/N-ethyl adjacent to an activating group) is 2. The van der Waals surface area contributed by atoms with E-state index < -0.39 is 0 Å². The van der Waals surface area contributed by atoms with E-state index >= 15 is 0 Å². The number of carbonyl (C=O) groups excluding carboxylic acids is 1. The van der Waals surface area contributed by atoms with Gasteiger partial charge < -0.3 is 9.64 Å². The molecule has 0 atom stereocenters. The van der Waals surface area contributed by atoms with E-state index in [9.17, 15) is 9.18 Å². The molecule has 3 rings (SSSR count). The van der Waals surface area contributed by atoms with Crippen molar-refractivity contribution in [1.29, 1.82) is 0 Å². The first-order valence-electron chi connectivity index (χ1n) is 7.81. The molecule has 2 aromatic rings. The van der Waals surface area contributed by atoms with Gasteiger partial charge in [0.05, 0.1) is 5.02 Å². The zero-order valence-electron chi connectivity index (χ0n) is 14.2. The van der Waals surface area contributed by atoms with Crippen LogP contribution in [0, 0.1) is 5.82 Å². The van der Waals surface area contributed by atoms with Gasteiger partial charge in [0.1, 0.15) is 23.9 Å². The second kappa shape index (κ2) is 7.43. The zero-order valence-corrected chi connectivity index (χ0v) is 15.8. The van der Waals surface area contributed by atoms with Crippen LogP contribution in [0.1, 0.15) is 11.1 Å². The Morgan fingerprint density at radius 3 is 2.58 bits per heavy atom. The average molecular weight is 391 g/mol. The zero-order chi connectivity index (χ0) is 18.8. The largest absolute Gasteiger partial charge is 0.487 e. The predicted molar refractivity (Wildman–Crippen MR) is 103 cm³/mol. The third-order valence-electron chi connectivity index (χ3n) is 4.00. The molecule has 4 nitrogen and oxygen atoms in total. The molecule has 1 aliphatic rings. The minimum Gasteiger partial charge on any atom is -0.487 e. The molecule has 0 unspecified atom stereocenters. The van der Waals surface area contributed by atoms with Crippen LogP contribution in [0.3, 0.4) is 0 Å². The molecule has 0 spiro atoms. The molecule has 0 bridgehead atoms. The number of thiocarbonyl (C=S) groups is 1. The van der Waals surface area contributed by atoms with Gasteiger partial charge in [0.2, 0.25) is 0 Å². The summed E-state index contributed by atoms with van der Waals surface area (Å²) in [5.41, 5.74) is 1.94. The molecule has 1 amide bonds. The average Bonchev–Trinajstić information content (AvgIpc) is 2.79. The molecule has 1 aliphatic heterocycles. The van der Waals surface area contributed by atoms with Gasteiger partial charge in [-0.3, -0.25) is 9.69 Å². The van der Waals surface area contributed by atoms with Gasteiger partial charge in [0.25, 0.3) is 5.91 Å². The highest BCUT2D eigenvalue weighted by Crippen LogP contribution is 2.28. The Hall–Kier alpha value is -2.44. The quantitative estimate of drug-likeness (QED) is 0.581. The second-order valence-corrected chi connectivity index (χ2v) is 6.62. The number of amides is 1. The van der Waals surface area contributed by atoms with Crippen LogP contribution in [0.4, 0.5) is 4.39 Å². The molecule has 2 aromatic carbocycles. The van der Waals surface area contributed by atoms with Crippen molar-refractivity contribution >= 4 is 40.9 Å². The van der Waals surface area contributed by atoms with E-state index in [1.165, 1.54) is 17.0 Å². The lowest BCUT2D eigenvalue weighted by atomic mass is 10.1. The molecule has 26 heavy (non-hydrogen) atoms. The van der Waals surface area contributed by atoms with E-state index in [1.54, 1.807) is 55.4 Å². The third-order valence-corrected chi connectivity index (χ3v) is 4.84. The van der Waals surface area contributed by atoms with Gasteiger partial charge in [-0.2, -0.15) is 0 Å². The number of nitrogens with zero attached hydrogens (tertiary/aromatic N) is 2. The van der Waals surface area contributed by atoms with Crippen LogP contribution in [0.25, 0.3) is 6.08 Å². The van der Waals surface area contributed by atoms with Crippen LogP contribution in [-0.2, 0) is 11.4 Å². The van der Waals surface area contributed by atoms with Gasteiger partial charge in [-0.1, -0.05) is 29.8 Å². The van der Waals surface area contributed by atoms with Crippen molar-refractivity contribution in [3.05, 3.63) is 70.1 Å². The molecule has 0 N–H and O–H groups in total. The molecule has 0 aliphatic carbocycles. The number of halogens is 2. The number of ether oxygens (including phenoxy) is 1. The smallest absolute Gasteiger partial charge is 0.276 e. The fraction of sp³-hybridized carbons (Fsp3) is 0.158. The van der Waals surface area contributed by atoms with E-state index in [-0.39, 0.29) is 18.3 Å². The van der Waals surface area contributed by atoms with Crippen LogP contribution in [0.5, 0.6) is 5.75 Å². The standard InChI is InChI=1S/C19H16ClFN2O2S/c1-22-16(18(24)23(2)19(22)26)10-12-6-7-17(15(20)9-12)25-11-13-4-3-5-14(21)8-13/h3-10H,11H2,1-2H3. The van der Waals surface area contributed by atoms with Crippen LogP contribution >= 0.6 is 23.8 Å². The summed E-state index contributed by atoms with van der Waals surface area (Å²) in [5, 5.41) is 0.849. The monoisotopic (exact) mass is 390 g/mol. The maximum absolute atomic E-state index is 13.2. The fourth-order valence-corrected chi connectivity index (χ4v) is 2.98. The first kappa shape index (κ1) is 18.4. The lowest BCUT2D eigenvalue weighted by Crippen LogP contribution is -2.26. The molecule has 0 saturated carbocycles. The van der Waals surface area contributed by atoms with Gasteiger partial charge in [-0.15, -0.1) is 0 Å². The minimum atomic E-state index is -0.313. The highest BCUT2D eigenvalue weighted by atomic mass is 35.5. The van der Waals surface area contributed by atoms with E-state index in [1.807, 2.05) is 0 Å². The molecule has 134 valence electrons. The second-order valence-electron chi connectivity index (χ2n) is 5.84. The van der Waals surface area contributed by atoms with Crippen molar-refractivity contribution in [3.63, 3.8) is 0 Å². The summed E-state index contributed by atoms with van der Waals surface area (Å²) < 4.78 is 18.9. The summed E-state index contributed by atoms with van der Waals surface area (Å²) in [6.45, 7) is 0.207. The molecular weight excluding hydrogens is 375 g/mol. The lowest BCUT2D eigenvalue weighted by molar-refractivity contribution is -0.121. The number of carbonyl (C=O) groups is 1. The van der Waals surface area contributed by atoms with Crippen LogP contribution in [-0.4, -0.2) is 34.9 Å². The summed E-state index contributed by atoms with van der Waals surface area (Å²) in [5.74, 6) is 0.00396. The molecule has 1 saturated heterocycles. The summed E-state index contributed by atoms with van der Waals surface area (Å²) in [6.07, 6.45) is 1.72. The van der Waals surface area contributed by atoms with Gasteiger partial charge in [0.15, 0.2) is 5.11 Å². The highest BCUT2D eigenvalue weighted by molar-refractivity contribution is 7.80. The number of hydrogen-bond acceptors (Lipinski definition) is 3. The SMILES string of the molecule is CN1C(=O)C(=Cc2ccc(OCc3cccc(F)c3)c(Cl)c2)N(C)C1=S. The van der Waals surface area contributed by atoms with Crippen LogP contribution in [0.2, 0.25) is 5.02 Å². The summed E-state index contributed by atoms with van der Waals surface area (Å²) >= 11 is 11.5. The topological polar surface area (TPSA) is 32.8 Å². The van der Waals surface area contributed by atoms with Crippen molar-refractivity contribution in [2.75, 3.05) is 14.1 Å². The molecule has 7 heteroatoms.